The van der Waals surface area contributed by atoms with Crippen molar-refractivity contribution in [2.24, 2.45) is 4.99 Å². The number of Topliss-reactive ketones (excluding diaryl/α,β-unsaturated/α-hetero) is 1. The first-order valence-corrected chi connectivity index (χ1v) is 8.59. The predicted octanol–water partition coefficient (Wildman–Crippen LogP) is 3.01. The molecule has 0 radical (unpaired) electrons. The minimum Gasteiger partial charge on any atom is -0.504 e. The molecule has 2 aromatic carbocycles. The average molecular weight is 366 g/mol. The van der Waals surface area contributed by atoms with E-state index in [1.54, 1.807) is 30.3 Å². The average Bonchev–Trinajstić information content (AvgIpc) is 2.70. The lowest BCUT2D eigenvalue weighted by Gasteiger charge is -2.23. The molecule has 2 N–H and O–H groups in total. The normalized spacial score (nSPS) is 17.3. The fourth-order valence-electron chi connectivity index (χ4n) is 2.75. The number of fused-ring (bicyclic) bond motifs is 6. The Morgan fingerprint density at radius 1 is 0.889 bits per heavy atom. The van der Waals surface area contributed by atoms with Gasteiger partial charge in [0.25, 0.3) is 0 Å². The highest BCUT2D eigenvalue weighted by atomic mass is 16.5. The molecule has 2 aromatic rings. The Bertz CT molecular complexity index is 935. The Morgan fingerprint density at radius 2 is 1.56 bits per heavy atom. The van der Waals surface area contributed by atoms with Crippen LogP contribution in [0.25, 0.3) is 0 Å². The molecule has 0 aromatic heterocycles. The zero-order chi connectivity index (χ0) is 18.6. The van der Waals surface area contributed by atoms with E-state index in [1.165, 1.54) is 0 Å². The van der Waals surface area contributed by atoms with Gasteiger partial charge >= 0.3 is 0 Å². The highest BCUT2D eigenvalue weighted by Crippen LogP contribution is 2.33. The minimum atomic E-state index is -0.368. The van der Waals surface area contributed by atoms with E-state index in [2.05, 4.69) is 10.3 Å². The Morgan fingerprint density at radius 3 is 2.33 bits per heavy atom. The van der Waals surface area contributed by atoms with E-state index in [4.69, 9.17) is 14.2 Å². The number of anilines is 1. The Labute approximate surface area is 155 Å². The van der Waals surface area contributed by atoms with Crippen molar-refractivity contribution in [3.63, 3.8) is 0 Å². The maximum Gasteiger partial charge on any atom is 0.235 e. The number of aliphatic hydroxyl groups is 1. The lowest BCUT2D eigenvalue weighted by molar-refractivity contribution is -0.110. The van der Waals surface area contributed by atoms with E-state index in [9.17, 15) is 9.90 Å². The van der Waals surface area contributed by atoms with E-state index in [-0.39, 0.29) is 23.0 Å². The van der Waals surface area contributed by atoms with E-state index in [1.807, 2.05) is 18.2 Å². The molecule has 0 spiro atoms. The van der Waals surface area contributed by atoms with E-state index in [0.717, 1.165) is 0 Å². The van der Waals surface area contributed by atoms with Crippen LogP contribution in [-0.2, 0) is 9.53 Å². The molecule has 2 bridgehead atoms. The summed E-state index contributed by atoms with van der Waals surface area (Å²) in [6.07, 6.45) is 0. The summed E-state index contributed by atoms with van der Waals surface area (Å²) in [5.74, 6) is 0.533. The van der Waals surface area contributed by atoms with Gasteiger partial charge in [-0.25, -0.2) is 4.99 Å². The molecule has 1 aliphatic carbocycles. The number of allylic oxidation sites excluding steroid dienone is 2. The van der Waals surface area contributed by atoms with Gasteiger partial charge < -0.3 is 24.6 Å². The second-order valence-electron chi connectivity index (χ2n) is 5.91. The Kier molecular flexibility index (Phi) is 4.76. The number of carbonyl (C=O) groups excluding carboxylic acids is 1. The van der Waals surface area contributed by atoms with Crippen LogP contribution in [0.2, 0.25) is 0 Å². The molecule has 0 fully saturated rings. The van der Waals surface area contributed by atoms with Crippen molar-refractivity contribution < 1.29 is 24.1 Å². The predicted molar refractivity (Wildman–Crippen MR) is 100 cm³/mol. The smallest absolute Gasteiger partial charge is 0.235 e. The molecule has 7 heteroatoms. The quantitative estimate of drug-likeness (QED) is 0.697. The molecule has 27 heavy (non-hydrogen) atoms. The van der Waals surface area contributed by atoms with Crippen LogP contribution in [0.5, 0.6) is 11.5 Å². The number of nitrogens with one attached hydrogen (secondary N) is 1. The summed E-state index contributed by atoms with van der Waals surface area (Å²) in [7, 11) is 0. The van der Waals surface area contributed by atoms with Gasteiger partial charge in [-0.15, -0.1) is 0 Å². The zero-order valence-corrected chi connectivity index (χ0v) is 14.5. The molecule has 5 rings (SSSR count). The third-order valence-corrected chi connectivity index (χ3v) is 4.12. The fourth-order valence-corrected chi connectivity index (χ4v) is 2.75. The third kappa shape index (κ3) is 3.50. The van der Waals surface area contributed by atoms with Crippen molar-refractivity contribution in [1.29, 1.82) is 0 Å². The molecule has 0 saturated carbocycles. The van der Waals surface area contributed by atoms with Crippen LogP contribution >= 0.6 is 0 Å². The van der Waals surface area contributed by atoms with Gasteiger partial charge in [-0.05, 0) is 24.3 Å². The van der Waals surface area contributed by atoms with Gasteiger partial charge in [0.05, 0.1) is 18.9 Å². The molecule has 0 amide bonds. The molecule has 0 unspecified atom stereocenters. The summed E-state index contributed by atoms with van der Waals surface area (Å²) in [6, 6.07) is 14.3. The number of aliphatic imine (C=N–C) groups is 1. The first-order chi connectivity index (χ1) is 13.2. The van der Waals surface area contributed by atoms with Gasteiger partial charge in [-0.1, -0.05) is 24.3 Å². The summed E-state index contributed by atoms with van der Waals surface area (Å²) in [6.45, 7) is 1.47. The number of nitrogens with zero attached hydrogens (tertiary/aromatic N) is 1. The monoisotopic (exact) mass is 366 g/mol. The van der Waals surface area contributed by atoms with E-state index < -0.39 is 0 Å². The highest BCUT2D eigenvalue weighted by Gasteiger charge is 2.36. The zero-order valence-electron chi connectivity index (χ0n) is 14.5. The molecule has 7 nitrogen and oxygen atoms in total. The molecule has 0 saturated heterocycles. The number of hydrogen-bond acceptors (Lipinski definition) is 7. The first kappa shape index (κ1) is 17.1. The number of carbonyl (C=O) groups is 1. The van der Waals surface area contributed by atoms with Crippen molar-refractivity contribution in [3.05, 3.63) is 60.0 Å². The second kappa shape index (κ2) is 7.51. The van der Waals surface area contributed by atoms with E-state index in [0.29, 0.717) is 49.3 Å². The van der Waals surface area contributed by atoms with E-state index >= 15 is 0 Å². The molecule has 3 aliphatic rings. The van der Waals surface area contributed by atoms with Crippen molar-refractivity contribution in [2.75, 3.05) is 31.7 Å². The van der Waals surface area contributed by atoms with Crippen LogP contribution in [0, 0.1) is 0 Å². The number of para-hydroxylation sites is 4. The standard InChI is InChI=1S/C20H18N2O5/c23-19-17-20(24)18(19)22-14-6-2-4-8-16(14)27-12-10-25-9-11-26-15-7-3-1-5-13(15)21-17/h1-8,21,23H,9-12H2. The number of ketones is 1. The SMILES string of the molecule is O=C1C2=Nc3ccccc3OCCOCCOc3ccccc3NC1=C2O. The van der Waals surface area contributed by atoms with Crippen LogP contribution < -0.4 is 14.8 Å². The Balaban J connectivity index is 1.70. The van der Waals surface area contributed by atoms with Crippen molar-refractivity contribution in [2.45, 2.75) is 0 Å². The molecular formula is C20H18N2O5. The largest absolute Gasteiger partial charge is 0.504 e. The number of rotatable bonds is 0. The van der Waals surface area contributed by atoms with Gasteiger partial charge in [0.1, 0.15) is 36.1 Å². The second-order valence-corrected chi connectivity index (χ2v) is 5.91. The molecule has 2 aliphatic heterocycles. The van der Waals surface area contributed by atoms with Crippen LogP contribution in [0.4, 0.5) is 11.4 Å². The Hall–Kier alpha value is -3.32. The maximum absolute atomic E-state index is 12.5. The number of benzene rings is 2. The first-order valence-electron chi connectivity index (χ1n) is 8.59. The summed E-state index contributed by atoms with van der Waals surface area (Å²) >= 11 is 0. The minimum absolute atomic E-state index is 0.00436. The summed E-state index contributed by atoms with van der Waals surface area (Å²) in [5.41, 5.74) is 1.14. The number of aliphatic hydroxyl groups excluding tert-OH is 1. The van der Waals surface area contributed by atoms with Gasteiger partial charge in [0.2, 0.25) is 5.78 Å². The lowest BCUT2D eigenvalue weighted by atomic mass is 9.97. The molecule has 138 valence electrons. The van der Waals surface area contributed by atoms with Crippen LogP contribution in [0.15, 0.2) is 65.0 Å². The fraction of sp³-hybridized carbons (Fsp3) is 0.200. The lowest BCUT2D eigenvalue weighted by Crippen LogP contribution is -2.35. The van der Waals surface area contributed by atoms with Crippen LogP contribution in [-0.4, -0.2) is 43.0 Å². The van der Waals surface area contributed by atoms with Gasteiger partial charge in [-0.3, -0.25) is 4.79 Å². The van der Waals surface area contributed by atoms with Crippen LogP contribution in [0.1, 0.15) is 0 Å². The van der Waals surface area contributed by atoms with Gasteiger partial charge in [-0.2, -0.15) is 0 Å². The molecule has 0 atom stereocenters. The molecule has 2 heterocycles. The summed E-state index contributed by atoms with van der Waals surface area (Å²) in [5, 5.41) is 13.3. The molecular weight excluding hydrogens is 348 g/mol. The maximum atomic E-state index is 12.5. The van der Waals surface area contributed by atoms with Crippen LogP contribution in [0.3, 0.4) is 0 Å². The summed E-state index contributed by atoms with van der Waals surface area (Å²) in [4.78, 5) is 16.7. The number of hydrogen-bond donors (Lipinski definition) is 2. The topological polar surface area (TPSA) is 89.4 Å². The van der Waals surface area contributed by atoms with Crippen molar-refractivity contribution in [3.8, 4) is 11.5 Å². The van der Waals surface area contributed by atoms with Crippen molar-refractivity contribution >= 4 is 22.9 Å². The van der Waals surface area contributed by atoms with Gasteiger partial charge in [0.15, 0.2) is 11.5 Å². The highest BCUT2D eigenvalue weighted by molar-refractivity contribution is 6.59. The summed E-state index contributed by atoms with van der Waals surface area (Å²) < 4.78 is 16.9. The van der Waals surface area contributed by atoms with Gasteiger partial charge in [0, 0.05) is 0 Å². The van der Waals surface area contributed by atoms with Crippen molar-refractivity contribution in [1.82, 2.24) is 0 Å². The number of ether oxygens (including phenoxy) is 3. The third-order valence-electron chi connectivity index (χ3n) is 4.12.